The molecule has 34 heavy (non-hydrogen) atoms. The monoisotopic (exact) mass is 490 g/mol. The minimum Gasteiger partial charge on any atom is -0.473 e. The molecule has 1 saturated heterocycles. The SMILES string of the molecule is COC(=O)c1c(-c2ccc(C)c(C)c2)csc1NC(=O)CN1CCCCCC1.O=C(O)C(=O)O. The summed E-state index contributed by atoms with van der Waals surface area (Å²) in [5, 5.41) is 20.2. The molecule has 0 bridgehead atoms. The molecular formula is C24H30N2O7S. The zero-order valence-corrected chi connectivity index (χ0v) is 20.4. The van der Waals surface area contributed by atoms with Gasteiger partial charge in [0.05, 0.1) is 13.7 Å². The van der Waals surface area contributed by atoms with E-state index in [1.807, 2.05) is 24.4 Å². The molecule has 1 aromatic heterocycles. The largest absolute Gasteiger partial charge is 0.473 e. The normalized spacial score (nSPS) is 13.7. The van der Waals surface area contributed by atoms with Crippen LogP contribution in [-0.2, 0) is 19.1 Å². The van der Waals surface area contributed by atoms with Crippen LogP contribution in [0.15, 0.2) is 23.6 Å². The van der Waals surface area contributed by atoms with Crippen LogP contribution in [0.5, 0.6) is 0 Å². The Balaban J connectivity index is 0.000000604. The summed E-state index contributed by atoms with van der Waals surface area (Å²) in [6.07, 6.45) is 4.73. The number of esters is 1. The fraction of sp³-hybridized carbons (Fsp3) is 0.417. The lowest BCUT2D eigenvalue weighted by Crippen LogP contribution is -2.34. The fourth-order valence-corrected chi connectivity index (χ4v) is 4.51. The summed E-state index contributed by atoms with van der Waals surface area (Å²) in [5.41, 5.74) is 4.54. The molecule has 0 saturated carbocycles. The number of rotatable bonds is 5. The second kappa shape index (κ2) is 12.9. The molecule has 0 atom stereocenters. The lowest BCUT2D eigenvalue weighted by molar-refractivity contribution is -0.159. The third kappa shape index (κ3) is 7.67. The second-order valence-electron chi connectivity index (χ2n) is 7.99. The van der Waals surface area contributed by atoms with E-state index >= 15 is 0 Å². The average Bonchev–Trinajstić information content (AvgIpc) is 3.02. The third-order valence-corrected chi connectivity index (χ3v) is 6.40. The van der Waals surface area contributed by atoms with E-state index in [-0.39, 0.29) is 5.91 Å². The highest BCUT2D eigenvalue weighted by Gasteiger charge is 2.23. The number of carboxylic acid groups (broad SMARTS) is 2. The van der Waals surface area contributed by atoms with E-state index in [1.165, 1.54) is 36.9 Å². The molecule has 0 radical (unpaired) electrons. The number of thiophene rings is 1. The Morgan fingerprint density at radius 2 is 1.62 bits per heavy atom. The van der Waals surface area contributed by atoms with Crippen molar-refractivity contribution in [1.29, 1.82) is 0 Å². The average molecular weight is 491 g/mol. The highest BCUT2D eigenvalue weighted by Crippen LogP contribution is 2.36. The number of nitrogens with zero attached hydrogens (tertiary/aromatic N) is 1. The van der Waals surface area contributed by atoms with Gasteiger partial charge in [0.2, 0.25) is 5.91 Å². The van der Waals surface area contributed by atoms with Crippen LogP contribution < -0.4 is 5.32 Å². The molecule has 184 valence electrons. The van der Waals surface area contributed by atoms with Gasteiger partial charge in [0, 0.05) is 10.9 Å². The van der Waals surface area contributed by atoms with E-state index in [1.54, 1.807) is 0 Å². The van der Waals surface area contributed by atoms with Crippen LogP contribution in [0.2, 0.25) is 0 Å². The number of ether oxygens (including phenoxy) is 1. The Bertz CT molecular complexity index is 1030. The molecule has 3 rings (SSSR count). The Morgan fingerprint density at radius 3 is 2.15 bits per heavy atom. The third-order valence-electron chi connectivity index (χ3n) is 5.50. The van der Waals surface area contributed by atoms with Crippen LogP contribution in [-0.4, -0.2) is 65.7 Å². The molecule has 0 unspecified atom stereocenters. The number of carbonyl (C=O) groups excluding carboxylic acids is 2. The van der Waals surface area contributed by atoms with Crippen molar-refractivity contribution in [1.82, 2.24) is 4.90 Å². The summed E-state index contributed by atoms with van der Waals surface area (Å²) in [7, 11) is 1.37. The molecule has 0 spiro atoms. The zero-order chi connectivity index (χ0) is 25.3. The number of aryl methyl sites for hydroxylation is 2. The van der Waals surface area contributed by atoms with Crippen LogP contribution in [0, 0.1) is 13.8 Å². The summed E-state index contributed by atoms with van der Waals surface area (Å²) in [6, 6.07) is 6.10. The Labute approximate surface area is 202 Å². The molecule has 2 heterocycles. The molecule has 1 aromatic carbocycles. The Kier molecular flexibility index (Phi) is 10.2. The molecule has 10 heteroatoms. The number of likely N-dealkylation sites (tertiary alicyclic amines) is 1. The lowest BCUT2D eigenvalue weighted by Gasteiger charge is -2.18. The van der Waals surface area contributed by atoms with E-state index < -0.39 is 17.9 Å². The van der Waals surface area contributed by atoms with Crippen molar-refractivity contribution in [2.45, 2.75) is 39.5 Å². The molecular weight excluding hydrogens is 460 g/mol. The first-order valence-electron chi connectivity index (χ1n) is 10.9. The van der Waals surface area contributed by atoms with E-state index in [9.17, 15) is 9.59 Å². The summed E-state index contributed by atoms with van der Waals surface area (Å²) < 4.78 is 5.01. The van der Waals surface area contributed by atoms with Gasteiger partial charge < -0.3 is 20.3 Å². The number of methoxy groups -OCH3 is 1. The van der Waals surface area contributed by atoms with Crippen LogP contribution in [0.4, 0.5) is 5.00 Å². The molecule has 0 aliphatic carbocycles. The van der Waals surface area contributed by atoms with E-state index in [0.29, 0.717) is 17.1 Å². The van der Waals surface area contributed by atoms with Crippen molar-refractivity contribution < 1.29 is 34.1 Å². The van der Waals surface area contributed by atoms with Crippen molar-refractivity contribution in [3.63, 3.8) is 0 Å². The molecule has 9 nitrogen and oxygen atoms in total. The van der Waals surface area contributed by atoms with Gasteiger partial charge >= 0.3 is 17.9 Å². The maximum absolute atomic E-state index is 12.6. The molecule has 2 aromatic rings. The standard InChI is InChI=1S/C22H28N2O3S.C2H2O4/c1-15-8-9-17(12-16(15)2)18-14-28-21(20(18)22(26)27-3)23-19(25)13-24-10-6-4-5-7-11-24;3-1(4)2(5)6/h8-9,12,14H,4-7,10-11,13H2,1-3H3,(H,23,25);(H,3,4)(H,5,6). The minimum absolute atomic E-state index is 0.0828. The highest BCUT2D eigenvalue weighted by atomic mass is 32.1. The van der Waals surface area contributed by atoms with Gasteiger partial charge in [-0.2, -0.15) is 0 Å². The first-order chi connectivity index (χ1) is 16.1. The highest BCUT2D eigenvalue weighted by molar-refractivity contribution is 7.15. The van der Waals surface area contributed by atoms with Gasteiger partial charge in [0.25, 0.3) is 0 Å². The number of amides is 1. The Morgan fingerprint density at radius 1 is 1.00 bits per heavy atom. The number of benzene rings is 1. The van der Waals surface area contributed by atoms with Crippen molar-refractivity contribution in [3.05, 3.63) is 40.3 Å². The summed E-state index contributed by atoms with van der Waals surface area (Å²) >= 11 is 1.37. The van der Waals surface area contributed by atoms with Crippen molar-refractivity contribution >= 4 is 40.2 Å². The van der Waals surface area contributed by atoms with E-state index in [2.05, 4.69) is 23.2 Å². The predicted octanol–water partition coefficient (Wildman–Crippen LogP) is 3.79. The van der Waals surface area contributed by atoms with Gasteiger partial charge in [-0.05, 0) is 56.5 Å². The van der Waals surface area contributed by atoms with Gasteiger partial charge in [-0.1, -0.05) is 31.0 Å². The van der Waals surface area contributed by atoms with Crippen molar-refractivity contribution in [2.75, 3.05) is 32.1 Å². The van der Waals surface area contributed by atoms with Crippen LogP contribution >= 0.6 is 11.3 Å². The molecule has 1 amide bonds. The molecule has 1 aliphatic heterocycles. The number of aliphatic carboxylic acids is 2. The first-order valence-corrected chi connectivity index (χ1v) is 11.8. The molecule has 1 aliphatic rings. The smallest absolute Gasteiger partial charge is 0.414 e. The maximum Gasteiger partial charge on any atom is 0.414 e. The number of hydrogen-bond acceptors (Lipinski definition) is 7. The molecule has 1 fully saturated rings. The summed E-state index contributed by atoms with van der Waals surface area (Å²) in [5.74, 6) is -4.16. The number of carbonyl (C=O) groups is 4. The van der Waals surface area contributed by atoms with E-state index in [4.69, 9.17) is 24.5 Å². The van der Waals surface area contributed by atoms with E-state index in [0.717, 1.165) is 42.6 Å². The predicted molar refractivity (Wildman–Crippen MR) is 129 cm³/mol. The fourth-order valence-electron chi connectivity index (χ4n) is 3.54. The topological polar surface area (TPSA) is 133 Å². The van der Waals surface area contributed by atoms with Gasteiger partial charge in [0.1, 0.15) is 10.6 Å². The van der Waals surface area contributed by atoms with Gasteiger partial charge in [-0.3, -0.25) is 9.69 Å². The van der Waals surface area contributed by atoms with Crippen molar-refractivity contribution in [2.24, 2.45) is 0 Å². The van der Waals surface area contributed by atoms with Crippen molar-refractivity contribution in [3.8, 4) is 11.1 Å². The minimum atomic E-state index is -1.82. The first kappa shape index (κ1) is 27.0. The summed E-state index contributed by atoms with van der Waals surface area (Å²) in [4.78, 5) is 45.5. The van der Waals surface area contributed by atoms with Crippen LogP contribution in [0.25, 0.3) is 11.1 Å². The van der Waals surface area contributed by atoms with Gasteiger partial charge in [0.15, 0.2) is 0 Å². The van der Waals surface area contributed by atoms with Gasteiger partial charge in [-0.15, -0.1) is 11.3 Å². The number of anilines is 1. The number of carboxylic acids is 2. The quantitative estimate of drug-likeness (QED) is 0.426. The number of nitrogens with one attached hydrogen (secondary N) is 1. The van der Waals surface area contributed by atoms with Crippen LogP contribution in [0.1, 0.15) is 47.2 Å². The molecule has 3 N–H and O–H groups in total. The zero-order valence-electron chi connectivity index (χ0n) is 19.6. The Hall–Kier alpha value is -3.24. The lowest BCUT2D eigenvalue weighted by atomic mass is 9.99. The van der Waals surface area contributed by atoms with Crippen LogP contribution in [0.3, 0.4) is 0 Å². The van der Waals surface area contributed by atoms with Gasteiger partial charge in [-0.25, -0.2) is 14.4 Å². The number of hydrogen-bond donors (Lipinski definition) is 3. The maximum atomic E-state index is 12.6. The summed E-state index contributed by atoms with van der Waals surface area (Å²) in [6.45, 7) is 6.37. The second-order valence-corrected chi connectivity index (χ2v) is 8.87.